The molecule has 4 aromatic rings. The van der Waals surface area contributed by atoms with Gasteiger partial charge in [0.1, 0.15) is 47.0 Å². The van der Waals surface area contributed by atoms with E-state index in [2.05, 4.69) is 10.2 Å². The number of carbonyl (C=O) groups excluding carboxylic acids is 3. The zero-order valence-corrected chi connectivity index (χ0v) is 38.0. The molecule has 1 amide bonds. The number of Topliss-reactive ketones (excluding diaryl/α,β-unsaturated/α-hetero) is 1. The molecule has 1 aromatic heterocycles. The monoisotopic (exact) mass is 895 g/mol. The fraction of sp³-hybridized carbons (Fsp3) is 0.490. The second-order valence-corrected chi connectivity index (χ2v) is 17.8. The van der Waals surface area contributed by atoms with Crippen molar-refractivity contribution in [2.24, 2.45) is 17.8 Å². The predicted molar refractivity (Wildman–Crippen MR) is 241 cm³/mol. The molecule has 0 spiro atoms. The van der Waals surface area contributed by atoms with Crippen molar-refractivity contribution >= 4 is 56.3 Å². The first-order valence-electron chi connectivity index (χ1n) is 22.3. The molecule has 3 aromatic carbocycles. The average molecular weight is 896 g/mol. The second kappa shape index (κ2) is 18.2. The summed E-state index contributed by atoms with van der Waals surface area (Å²) in [6, 6.07) is 5.12. The van der Waals surface area contributed by atoms with E-state index in [0.717, 1.165) is 32.5 Å². The number of phenols is 1. The summed E-state index contributed by atoms with van der Waals surface area (Å²) in [6.45, 7) is 14.5. The number of nitrogens with zero attached hydrogens (tertiary/aromatic N) is 2. The van der Waals surface area contributed by atoms with Crippen LogP contribution in [0.2, 0.25) is 0 Å². The third kappa shape index (κ3) is 8.48. The Balaban J connectivity index is 1.28. The molecule has 2 saturated heterocycles. The van der Waals surface area contributed by atoms with Gasteiger partial charge in [-0.2, -0.15) is 0 Å². The highest BCUT2D eigenvalue weighted by atomic mass is 16.7. The van der Waals surface area contributed by atoms with Gasteiger partial charge in [0, 0.05) is 67.8 Å². The van der Waals surface area contributed by atoms with Crippen molar-refractivity contribution in [1.29, 1.82) is 0 Å². The van der Waals surface area contributed by atoms with Crippen LogP contribution in [-0.4, -0.2) is 107 Å². The largest absolute Gasteiger partial charge is 0.505 e. The number of aliphatic hydroxyl groups is 1. The molecule has 9 atom stereocenters. The van der Waals surface area contributed by atoms with Gasteiger partial charge < -0.3 is 48.4 Å². The number of ketones is 1. The summed E-state index contributed by atoms with van der Waals surface area (Å²) in [5, 5.41) is 26.1. The van der Waals surface area contributed by atoms with E-state index < -0.39 is 71.1 Å². The number of aliphatic hydroxyl groups excluding tert-OH is 1. The van der Waals surface area contributed by atoms with Crippen LogP contribution in [0.1, 0.15) is 76.7 Å². The molecule has 16 nitrogen and oxygen atoms in total. The summed E-state index contributed by atoms with van der Waals surface area (Å²) in [7, 11) is 1.46. The summed E-state index contributed by atoms with van der Waals surface area (Å²) in [4.78, 5) is 62.9. The fourth-order valence-corrected chi connectivity index (χ4v) is 9.53. The number of likely N-dealkylation sites (tertiary alicyclic amines) is 1. The molecule has 65 heavy (non-hydrogen) atoms. The predicted octanol–water partition coefficient (Wildman–Crippen LogP) is 6.63. The molecule has 6 heterocycles. The number of benzene rings is 3. The maximum Gasteiger partial charge on any atom is 0.312 e. The highest BCUT2D eigenvalue weighted by molar-refractivity contribution is 6.26. The summed E-state index contributed by atoms with van der Waals surface area (Å²) in [5.74, 6) is -5.39. The summed E-state index contributed by atoms with van der Waals surface area (Å²) < 4.78 is 43.1. The molecule has 2 fully saturated rings. The fourth-order valence-electron chi connectivity index (χ4n) is 9.53. The first kappa shape index (κ1) is 45.7. The number of hydrogen-bond acceptors (Lipinski definition) is 15. The van der Waals surface area contributed by atoms with E-state index in [1.165, 1.54) is 46.6 Å². The molecule has 0 saturated carbocycles. The number of ether oxygens (including phenoxy) is 6. The molecule has 0 aliphatic carbocycles. The van der Waals surface area contributed by atoms with Crippen molar-refractivity contribution in [3.05, 3.63) is 75.7 Å². The molecular formula is C49H57N3O13. The van der Waals surface area contributed by atoms with Crippen molar-refractivity contribution in [2.75, 3.05) is 38.7 Å². The van der Waals surface area contributed by atoms with E-state index in [-0.39, 0.29) is 67.4 Å². The van der Waals surface area contributed by atoms with Crippen molar-refractivity contribution in [2.45, 2.75) is 104 Å². The molecular weight excluding hydrogens is 839 g/mol. The number of methoxy groups -OCH3 is 1. The Bertz CT molecular complexity index is 2700. The summed E-state index contributed by atoms with van der Waals surface area (Å²) in [5.41, 5.74) is -0.247. The number of phenolic OH excluding ortho intramolecular Hbond substituents is 1. The SMILES string of the molecule is CO[C@H]1/C=C/O[C@@]2(C)Oc3c(C)c(=O)c4c(O)c(c5oc6cc(OCCN7CCCCC7)ccc6nc5c4c3C2=O)NC(=O)/C(C)=C\C=C\[C@H](C)[C@@H]2O[C@H]([C@H](O)[C@@H]2C)[C@H](OC(C)=O)[C@@H]1C. The Morgan fingerprint density at radius 3 is 2.51 bits per heavy atom. The topological polar surface area (TPSA) is 205 Å². The number of piperidine rings is 1. The molecule has 3 N–H and O–H groups in total. The molecule has 0 radical (unpaired) electrons. The number of anilines is 1. The minimum Gasteiger partial charge on any atom is -0.505 e. The molecule has 16 heteroatoms. The third-order valence-electron chi connectivity index (χ3n) is 13.3. The number of aromatic hydroxyl groups is 1. The van der Waals surface area contributed by atoms with Crippen LogP contribution >= 0.6 is 0 Å². The number of allylic oxidation sites excluding steroid dienone is 2. The number of fused-ring (bicyclic) bond motifs is 9. The van der Waals surface area contributed by atoms with Gasteiger partial charge in [-0.1, -0.05) is 45.4 Å². The Morgan fingerprint density at radius 1 is 1.03 bits per heavy atom. The molecule has 5 aliphatic rings. The lowest BCUT2D eigenvalue weighted by molar-refractivity contribution is -0.168. The number of nitrogens with one attached hydrogen (secondary N) is 1. The van der Waals surface area contributed by atoms with Crippen LogP contribution in [0.3, 0.4) is 0 Å². The van der Waals surface area contributed by atoms with Crippen molar-refractivity contribution in [3.63, 3.8) is 0 Å². The lowest BCUT2D eigenvalue weighted by atomic mass is 9.86. The number of amides is 1. The lowest BCUT2D eigenvalue weighted by Gasteiger charge is -2.33. The standard InChI is InChI=1S/C49H57N3O13/c1-24-13-12-14-25(2)48(58)51-38-41(56)35-34(37-45(38)63-33-23-30(15-16-31(33)50-37)60-22-20-52-18-10-9-11-19-52)36-43(27(4)39(35)54)65-49(7,47(36)57)61-21-17-32(59-8)26(3)44(62-29(6)53)46-40(55)28(5)42(24)64-46/h12-17,21,23-24,26,28,32,40,42,44,46,55-56H,9-11,18-20,22H2,1-8H3,(H,51,58)/b13-12+,21-17+,25-14-/t24-,26+,28-,32-,40+,42-,44+,46+,49-/m0/s1. The van der Waals surface area contributed by atoms with Crippen LogP contribution < -0.4 is 20.2 Å². The highest BCUT2D eigenvalue weighted by Gasteiger charge is 2.51. The van der Waals surface area contributed by atoms with E-state index in [1.807, 2.05) is 19.9 Å². The number of rotatable bonds is 6. The van der Waals surface area contributed by atoms with Gasteiger partial charge in [0.15, 0.2) is 22.3 Å². The van der Waals surface area contributed by atoms with Crippen LogP contribution in [0.4, 0.5) is 5.69 Å². The maximum atomic E-state index is 14.7. The average Bonchev–Trinajstić information content (AvgIpc) is 3.73. The van der Waals surface area contributed by atoms with Gasteiger partial charge in [-0.05, 0) is 58.0 Å². The molecule has 346 valence electrons. The second-order valence-electron chi connectivity index (χ2n) is 17.8. The smallest absolute Gasteiger partial charge is 0.312 e. The Labute approximate surface area is 376 Å². The number of hydrogen-bond donors (Lipinski definition) is 3. The summed E-state index contributed by atoms with van der Waals surface area (Å²) in [6.07, 6.45) is 7.22. The van der Waals surface area contributed by atoms with Crippen LogP contribution in [0, 0.1) is 24.7 Å². The van der Waals surface area contributed by atoms with Gasteiger partial charge in [-0.25, -0.2) is 4.98 Å². The summed E-state index contributed by atoms with van der Waals surface area (Å²) >= 11 is 0. The Hall–Kier alpha value is -5.81. The van der Waals surface area contributed by atoms with Gasteiger partial charge >= 0.3 is 11.8 Å². The molecule has 7 bridgehead atoms. The number of carbonyl (C=O) groups is 3. The first-order chi connectivity index (χ1) is 31.0. The van der Waals surface area contributed by atoms with Crippen LogP contribution in [-0.2, 0) is 28.5 Å². The minimum atomic E-state index is -2.03. The van der Waals surface area contributed by atoms with Gasteiger partial charge in [0.05, 0.1) is 35.5 Å². The Kier molecular flexibility index (Phi) is 12.8. The van der Waals surface area contributed by atoms with Gasteiger partial charge in [-0.15, -0.1) is 0 Å². The lowest BCUT2D eigenvalue weighted by Crippen LogP contribution is -2.46. The van der Waals surface area contributed by atoms with Crippen molar-refractivity contribution in [1.82, 2.24) is 9.88 Å². The number of aromatic nitrogens is 1. The van der Waals surface area contributed by atoms with Crippen LogP contribution in [0.25, 0.3) is 33.0 Å². The van der Waals surface area contributed by atoms with E-state index >= 15 is 0 Å². The molecule has 5 aliphatic heterocycles. The number of esters is 1. The quantitative estimate of drug-likeness (QED) is 0.0804. The maximum absolute atomic E-state index is 14.7. The zero-order chi connectivity index (χ0) is 46.5. The molecule has 9 rings (SSSR count). The Morgan fingerprint density at radius 2 is 1.78 bits per heavy atom. The van der Waals surface area contributed by atoms with E-state index in [9.17, 15) is 29.4 Å². The van der Waals surface area contributed by atoms with Crippen molar-refractivity contribution < 1.29 is 57.4 Å². The van der Waals surface area contributed by atoms with E-state index in [0.29, 0.717) is 17.9 Å². The van der Waals surface area contributed by atoms with Gasteiger partial charge in [0.25, 0.3) is 11.7 Å². The van der Waals surface area contributed by atoms with Crippen molar-refractivity contribution in [3.8, 4) is 17.2 Å². The molecule has 0 unspecified atom stereocenters. The van der Waals surface area contributed by atoms with Gasteiger partial charge in [-0.3, -0.25) is 24.1 Å². The van der Waals surface area contributed by atoms with E-state index in [1.54, 1.807) is 44.2 Å². The normalized spacial score (nSPS) is 30.6. The highest BCUT2D eigenvalue weighted by Crippen LogP contribution is 2.48. The first-order valence-corrected chi connectivity index (χ1v) is 22.3. The van der Waals surface area contributed by atoms with E-state index in [4.69, 9.17) is 37.8 Å². The van der Waals surface area contributed by atoms with Gasteiger partial charge in [0.2, 0.25) is 0 Å². The zero-order valence-electron chi connectivity index (χ0n) is 38.0. The minimum absolute atomic E-state index is 0.00760. The van der Waals surface area contributed by atoms with Crippen LogP contribution in [0.5, 0.6) is 17.2 Å². The van der Waals surface area contributed by atoms with Crippen LogP contribution in [0.15, 0.2) is 63.6 Å². The third-order valence-corrected chi connectivity index (χ3v) is 13.3.